The average Bonchev–Trinajstić information content (AvgIpc) is 1.86. The van der Waals surface area contributed by atoms with Crippen LogP contribution in [0.1, 0.15) is 0 Å². The summed E-state index contributed by atoms with van der Waals surface area (Å²) in [6.45, 7) is 0. The maximum absolute atomic E-state index is 3.75. The van der Waals surface area contributed by atoms with Crippen LogP contribution >= 0.6 is 0 Å². The van der Waals surface area contributed by atoms with Crippen molar-refractivity contribution in [1.29, 1.82) is 0 Å². The van der Waals surface area contributed by atoms with Crippen molar-refractivity contribution < 1.29 is 0 Å². The Morgan fingerprint density at radius 1 is 1.83 bits per heavy atom. The number of rotatable bonds is 0. The topological polar surface area (TPSA) is 41.6 Å². The summed E-state index contributed by atoms with van der Waals surface area (Å²) in [4.78, 5) is 3.75. The van der Waals surface area contributed by atoms with Crippen molar-refractivity contribution in [2.45, 2.75) is 0 Å². The number of nitrogens with one attached hydrogen (secondary N) is 1. The van der Waals surface area contributed by atoms with Crippen LogP contribution < -0.4 is 4.50 Å². The van der Waals surface area contributed by atoms with E-state index in [0.717, 1.165) is 4.50 Å². The van der Waals surface area contributed by atoms with Gasteiger partial charge in [0.25, 0.3) is 0 Å². The third kappa shape index (κ3) is 0.617. The van der Waals surface area contributed by atoms with Crippen LogP contribution in [0.4, 0.5) is 0 Å². The Morgan fingerprint density at radius 3 is 2.83 bits per heavy atom. The molecule has 1 aromatic rings. The summed E-state index contributed by atoms with van der Waals surface area (Å²) in [6, 6.07) is 0. The van der Waals surface area contributed by atoms with E-state index in [1.807, 2.05) is 17.7 Å². The molecule has 0 aliphatic rings. The second-order valence-corrected chi connectivity index (χ2v) is 1.05. The Balaban J connectivity index is 3.05. The first kappa shape index (κ1) is 3.91. The normalized spacial score (nSPS) is 9.00. The van der Waals surface area contributed by atoms with Gasteiger partial charge in [0.2, 0.25) is 0 Å². The summed E-state index contributed by atoms with van der Waals surface area (Å²) in [7, 11) is 0. The van der Waals surface area contributed by atoms with Crippen molar-refractivity contribution in [2.24, 2.45) is 0 Å². The molecule has 0 atom stereocenters. The Labute approximate surface area is 44.4 Å². The molecule has 1 rings (SSSR count). The van der Waals surface area contributed by atoms with Gasteiger partial charge in [0.05, 0.1) is 0 Å². The molecule has 0 spiro atoms. The molecule has 1 N–H and O–H groups in total. The van der Waals surface area contributed by atoms with Crippen molar-refractivity contribution >= 4 is 22.2 Å². The van der Waals surface area contributed by atoms with Gasteiger partial charge in [0, 0.05) is 0 Å². The molecule has 0 saturated carbocycles. The van der Waals surface area contributed by atoms with Gasteiger partial charge in [0.15, 0.2) is 0 Å². The van der Waals surface area contributed by atoms with E-state index in [4.69, 9.17) is 0 Å². The number of aromatic nitrogens is 3. The van der Waals surface area contributed by atoms with Crippen molar-refractivity contribution in [3.63, 3.8) is 0 Å². The van der Waals surface area contributed by atoms with Gasteiger partial charge < -0.3 is 0 Å². The molecular weight excluding hydrogens is 73.0 g/mol. The van der Waals surface area contributed by atoms with E-state index < -0.39 is 0 Å². The molecule has 1 heterocycles. The number of aromatic amines is 1. The van der Waals surface area contributed by atoms with Crippen LogP contribution in [-0.4, -0.2) is 32.9 Å². The van der Waals surface area contributed by atoms with Gasteiger partial charge in [0.1, 0.15) is 0 Å². The van der Waals surface area contributed by atoms with E-state index in [0.29, 0.717) is 0 Å². The van der Waals surface area contributed by atoms with Gasteiger partial charge in [-0.05, 0) is 0 Å². The van der Waals surface area contributed by atoms with Crippen LogP contribution in [0.25, 0.3) is 0 Å². The van der Waals surface area contributed by atoms with E-state index in [9.17, 15) is 0 Å². The molecule has 6 heavy (non-hydrogen) atoms. The first-order chi connectivity index (χ1) is 2.89. The maximum atomic E-state index is 3.75. The van der Waals surface area contributed by atoms with E-state index in [2.05, 4.69) is 15.2 Å². The standard InChI is InChI=1S/C2H2N3.Li/c1-3-2-5-4-1;/h1H,(H,3,4,5);. The summed E-state index contributed by atoms with van der Waals surface area (Å²) >= 11 is 1.83. The Hall–Kier alpha value is -0.263. The molecule has 0 saturated heterocycles. The zero-order valence-corrected chi connectivity index (χ0v) is 3.47. The Kier molecular flexibility index (Phi) is 0.950. The molecular formula is C2H2LiN3. The van der Waals surface area contributed by atoms with Crippen molar-refractivity contribution in [2.75, 3.05) is 0 Å². The molecule has 0 fully saturated rings. The van der Waals surface area contributed by atoms with Gasteiger partial charge >= 0.3 is 43.7 Å². The minimum absolute atomic E-state index is 0.787. The van der Waals surface area contributed by atoms with Gasteiger partial charge in [-0.2, -0.15) is 0 Å². The first-order valence-electron chi connectivity index (χ1n) is 1.72. The molecule has 0 aliphatic carbocycles. The average molecular weight is 75.0 g/mol. The van der Waals surface area contributed by atoms with Gasteiger partial charge in [-0.3, -0.25) is 0 Å². The SMILES string of the molecule is [Li][c]1nc[nH]n1. The van der Waals surface area contributed by atoms with E-state index in [-0.39, 0.29) is 0 Å². The van der Waals surface area contributed by atoms with Crippen molar-refractivity contribution in [3.05, 3.63) is 6.33 Å². The van der Waals surface area contributed by atoms with E-state index >= 15 is 0 Å². The predicted molar refractivity (Wildman–Crippen MR) is 21.8 cm³/mol. The zero-order valence-electron chi connectivity index (χ0n) is 3.47. The van der Waals surface area contributed by atoms with Crippen molar-refractivity contribution in [3.8, 4) is 0 Å². The summed E-state index contributed by atoms with van der Waals surface area (Å²) < 4.78 is 0.787. The van der Waals surface area contributed by atoms with Crippen LogP contribution in [0.2, 0.25) is 0 Å². The zero-order chi connectivity index (χ0) is 4.41. The quantitative estimate of drug-likeness (QED) is 0.385. The molecule has 0 amide bonds. The first-order valence-corrected chi connectivity index (χ1v) is 1.72. The van der Waals surface area contributed by atoms with Gasteiger partial charge in [-0.25, -0.2) is 0 Å². The van der Waals surface area contributed by atoms with Crippen LogP contribution in [0.3, 0.4) is 0 Å². The van der Waals surface area contributed by atoms with E-state index in [1.54, 1.807) is 6.33 Å². The number of hydrogen-bond acceptors (Lipinski definition) is 2. The monoisotopic (exact) mass is 75.0 g/mol. The molecule has 0 aromatic carbocycles. The van der Waals surface area contributed by atoms with Crippen LogP contribution in [-0.2, 0) is 0 Å². The fraction of sp³-hybridized carbons (Fsp3) is 0. The summed E-state index contributed by atoms with van der Waals surface area (Å²) in [5, 5.41) is 6.25. The number of nitrogens with zero attached hydrogens (tertiary/aromatic N) is 2. The number of H-pyrrole nitrogens is 1. The molecule has 3 nitrogen and oxygen atoms in total. The summed E-state index contributed by atoms with van der Waals surface area (Å²) in [6.07, 6.45) is 1.55. The summed E-state index contributed by atoms with van der Waals surface area (Å²) in [5.74, 6) is 0. The summed E-state index contributed by atoms with van der Waals surface area (Å²) in [5.41, 5.74) is 0. The molecule has 4 heteroatoms. The van der Waals surface area contributed by atoms with Gasteiger partial charge in [-0.15, -0.1) is 0 Å². The predicted octanol–water partition coefficient (Wildman–Crippen LogP) is -1.40. The molecule has 0 radical (unpaired) electrons. The van der Waals surface area contributed by atoms with Crippen LogP contribution in [0, 0.1) is 0 Å². The Morgan fingerprint density at radius 2 is 2.67 bits per heavy atom. The fourth-order valence-corrected chi connectivity index (χ4v) is 0.273. The van der Waals surface area contributed by atoms with Crippen LogP contribution in [0.15, 0.2) is 6.33 Å². The van der Waals surface area contributed by atoms with Gasteiger partial charge in [-0.1, -0.05) is 0 Å². The second kappa shape index (κ2) is 1.46. The molecule has 26 valence electrons. The van der Waals surface area contributed by atoms with Crippen molar-refractivity contribution in [1.82, 2.24) is 15.2 Å². The van der Waals surface area contributed by atoms with Crippen LogP contribution in [0.5, 0.6) is 0 Å². The molecule has 0 aliphatic heterocycles. The second-order valence-electron chi connectivity index (χ2n) is 1.05. The number of hydrogen-bond donors (Lipinski definition) is 1. The third-order valence-corrected chi connectivity index (χ3v) is 0.535. The fourth-order valence-electron chi connectivity index (χ4n) is 0.273. The third-order valence-electron chi connectivity index (χ3n) is 0.535. The molecule has 1 aromatic heterocycles. The molecule has 0 bridgehead atoms. The minimum atomic E-state index is 0.787. The van der Waals surface area contributed by atoms with E-state index in [1.165, 1.54) is 0 Å². The molecule has 0 unspecified atom stereocenters. The Bertz CT molecular complexity index is 112.